The zero-order chi connectivity index (χ0) is 19.1. The number of halogens is 2. The molecule has 0 aliphatic carbocycles. The summed E-state index contributed by atoms with van der Waals surface area (Å²) in [5.41, 5.74) is 3.67. The van der Waals surface area contributed by atoms with Gasteiger partial charge in [0.1, 0.15) is 5.75 Å². The largest absolute Gasteiger partial charge is 0.435 e. The van der Waals surface area contributed by atoms with Crippen LogP contribution in [-0.4, -0.2) is 6.61 Å². The summed E-state index contributed by atoms with van der Waals surface area (Å²) in [5, 5.41) is 1.90. The van der Waals surface area contributed by atoms with Gasteiger partial charge in [-0.05, 0) is 58.5 Å². The van der Waals surface area contributed by atoms with E-state index in [0.29, 0.717) is 0 Å². The minimum absolute atomic E-state index is 0.188. The van der Waals surface area contributed by atoms with Crippen molar-refractivity contribution in [2.45, 2.75) is 52.1 Å². The van der Waals surface area contributed by atoms with E-state index in [0.717, 1.165) is 22.8 Å². The van der Waals surface area contributed by atoms with Gasteiger partial charge in [0.25, 0.3) is 0 Å². The molecular formula is C24H26F2O. The maximum atomic E-state index is 12.3. The molecule has 0 heterocycles. The van der Waals surface area contributed by atoms with Gasteiger partial charge >= 0.3 is 6.61 Å². The number of fused-ring (bicyclic) bond motifs is 1. The van der Waals surface area contributed by atoms with Gasteiger partial charge in [-0.3, -0.25) is 0 Å². The normalized spacial score (nSPS) is 11.3. The van der Waals surface area contributed by atoms with Crippen molar-refractivity contribution in [2.75, 3.05) is 0 Å². The monoisotopic (exact) mass is 368 g/mol. The molecule has 0 aromatic heterocycles. The summed E-state index contributed by atoms with van der Waals surface area (Å²) in [4.78, 5) is 0. The van der Waals surface area contributed by atoms with E-state index in [4.69, 9.17) is 0 Å². The summed E-state index contributed by atoms with van der Waals surface area (Å²) in [6, 6.07) is 19.8. The van der Waals surface area contributed by atoms with Gasteiger partial charge in [0.2, 0.25) is 0 Å². The van der Waals surface area contributed by atoms with Gasteiger partial charge in [-0.25, -0.2) is 0 Å². The molecule has 0 saturated carbocycles. The molecule has 142 valence electrons. The molecule has 0 fully saturated rings. The number of ether oxygens (including phenoxy) is 1. The van der Waals surface area contributed by atoms with Crippen LogP contribution in [0.3, 0.4) is 0 Å². The molecular weight excluding hydrogens is 342 g/mol. The zero-order valence-electron chi connectivity index (χ0n) is 15.8. The SMILES string of the molecule is CCCCCCCc1ccc(-c2ccc3cc(OC(F)F)ccc3c2)cc1. The van der Waals surface area contributed by atoms with Crippen molar-refractivity contribution in [3.8, 4) is 16.9 Å². The smallest absolute Gasteiger partial charge is 0.387 e. The van der Waals surface area contributed by atoms with Gasteiger partial charge in [0.05, 0.1) is 0 Å². The molecule has 0 bridgehead atoms. The third-order valence-corrected chi connectivity index (χ3v) is 4.89. The van der Waals surface area contributed by atoms with Crippen molar-refractivity contribution >= 4 is 10.8 Å². The van der Waals surface area contributed by atoms with Crippen LogP contribution in [0.1, 0.15) is 44.6 Å². The number of hydrogen-bond donors (Lipinski definition) is 0. The first kappa shape index (κ1) is 19.3. The third-order valence-electron chi connectivity index (χ3n) is 4.89. The highest BCUT2D eigenvalue weighted by molar-refractivity contribution is 5.88. The third kappa shape index (κ3) is 5.53. The van der Waals surface area contributed by atoms with E-state index >= 15 is 0 Å². The summed E-state index contributed by atoms with van der Waals surface area (Å²) in [5.74, 6) is 0.188. The van der Waals surface area contributed by atoms with Crippen molar-refractivity contribution in [2.24, 2.45) is 0 Å². The van der Waals surface area contributed by atoms with Crippen LogP contribution in [0.25, 0.3) is 21.9 Å². The van der Waals surface area contributed by atoms with E-state index in [2.05, 4.69) is 42.0 Å². The second-order valence-corrected chi connectivity index (χ2v) is 6.96. The van der Waals surface area contributed by atoms with E-state index in [9.17, 15) is 8.78 Å². The van der Waals surface area contributed by atoms with Crippen molar-refractivity contribution in [3.63, 3.8) is 0 Å². The van der Waals surface area contributed by atoms with Gasteiger partial charge in [-0.1, -0.05) is 75.1 Å². The Bertz CT molecular complexity index is 856. The highest BCUT2D eigenvalue weighted by atomic mass is 19.3. The number of aryl methyl sites for hydroxylation is 1. The van der Waals surface area contributed by atoms with E-state index in [-0.39, 0.29) is 5.75 Å². The van der Waals surface area contributed by atoms with Gasteiger partial charge in [-0.2, -0.15) is 8.78 Å². The lowest BCUT2D eigenvalue weighted by atomic mass is 9.98. The quantitative estimate of drug-likeness (QED) is 0.353. The number of rotatable bonds is 9. The minimum atomic E-state index is -2.80. The van der Waals surface area contributed by atoms with Crippen LogP contribution in [-0.2, 0) is 6.42 Å². The topological polar surface area (TPSA) is 9.23 Å². The summed E-state index contributed by atoms with van der Waals surface area (Å²) in [6.45, 7) is -0.561. The fraction of sp³-hybridized carbons (Fsp3) is 0.333. The molecule has 0 amide bonds. The molecule has 0 atom stereocenters. The first-order valence-corrected chi connectivity index (χ1v) is 9.73. The maximum Gasteiger partial charge on any atom is 0.387 e. The highest BCUT2D eigenvalue weighted by Gasteiger charge is 2.06. The Morgan fingerprint density at radius 3 is 2.15 bits per heavy atom. The molecule has 3 heteroatoms. The summed E-state index contributed by atoms with van der Waals surface area (Å²) >= 11 is 0. The molecule has 3 aromatic rings. The predicted molar refractivity (Wildman–Crippen MR) is 108 cm³/mol. The van der Waals surface area contributed by atoms with Crippen LogP contribution >= 0.6 is 0 Å². The van der Waals surface area contributed by atoms with Gasteiger partial charge < -0.3 is 4.74 Å². The molecule has 27 heavy (non-hydrogen) atoms. The van der Waals surface area contributed by atoms with E-state index in [1.807, 2.05) is 18.2 Å². The first-order valence-electron chi connectivity index (χ1n) is 9.73. The molecule has 3 aromatic carbocycles. The van der Waals surface area contributed by atoms with E-state index < -0.39 is 6.61 Å². The number of benzene rings is 3. The van der Waals surface area contributed by atoms with Gasteiger partial charge in [0, 0.05) is 0 Å². The maximum absolute atomic E-state index is 12.3. The molecule has 0 N–H and O–H groups in total. The average Bonchev–Trinajstić information content (AvgIpc) is 2.67. The van der Waals surface area contributed by atoms with Crippen LogP contribution < -0.4 is 4.74 Å². The molecule has 0 aliphatic rings. The summed E-state index contributed by atoms with van der Waals surface area (Å²) < 4.78 is 29.2. The van der Waals surface area contributed by atoms with Crippen molar-refractivity contribution in [1.82, 2.24) is 0 Å². The Hall–Kier alpha value is -2.42. The highest BCUT2D eigenvalue weighted by Crippen LogP contribution is 2.28. The fourth-order valence-electron chi connectivity index (χ4n) is 3.38. The Kier molecular flexibility index (Phi) is 6.80. The Labute approximate surface area is 160 Å². The molecule has 0 saturated heterocycles. The van der Waals surface area contributed by atoms with Crippen molar-refractivity contribution in [1.29, 1.82) is 0 Å². The molecule has 0 unspecified atom stereocenters. The molecule has 3 rings (SSSR count). The molecule has 0 radical (unpaired) electrons. The van der Waals surface area contributed by atoms with Gasteiger partial charge in [-0.15, -0.1) is 0 Å². The van der Waals surface area contributed by atoms with Crippen LogP contribution in [0.5, 0.6) is 5.75 Å². The lowest BCUT2D eigenvalue weighted by molar-refractivity contribution is -0.0497. The lowest BCUT2D eigenvalue weighted by Crippen LogP contribution is -2.01. The predicted octanol–water partition coefficient (Wildman–Crippen LogP) is 7.62. The van der Waals surface area contributed by atoms with Crippen LogP contribution in [0.4, 0.5) is 8.78 Å². The number of hydrogen-bond acceptors (Lipinski definition) is 1. The first-order chi connectivity index (χ1) is 13.2. The molecule has 1 nitrogen and oxygen atoms in total. The second-order valence-electron chi connectivity index (χ2n) is 6.96. The molecule has 0 aliphatic heterocycles. The lowest BCUT2D eigenvalue weighted by Gasteiger charge is -2.08. The number of unbranched alkanes of at least 4 members (excludes halogenated alkanes) is 4. The summed E-state index contributed by atoms with van der Waals surface area (Å²) in [6.07, 6.45) is 7.62. The second kappa shape index (κ2) is 9.50. The van der Waals surface area contributed by atoms with E-state index in [1.54, 1.807) is 12.1 Å². The van der Waals surface area contributed by atoms with E-state index in [1.165, 1.54) is 43.2 Å². The Morgan fingerprint density at radius 1 is 0.741 bits per heavy atom. The van der Waals surface area contributed by atoms with Gasteiger partial charge in [0.15, 0.2) is 0 Å². The van der Waals surface area contributed by atoms with Crippen LogP contribution in [0.15, 0.2) is 60.7 Å². The Balaban J connectivity index is 1.67. The minimum Gasteiger partial charge on any atom is -0.435 e. The zero-order valence-corrected chi connectivity index (χ0v) is 15.8. The van der Waals surface area contributed by atoms with Crippen LogP contribution in [0.2, 0.25) is 0 Å². The van der Waals surface area contributed by atoms with Crippen molar-refractivity contribution in [3.05, 3.63) is 66.2 Å². The number of alkyl halides is 2. The standard InChI is InChI=1S/C24H26F2O/c1-2-3-4-5-6-7-18-8-10-19(11-9-18)20-12-13-22-17-23(27-24(25)26)15-14-21(22)16-20/h8-17,24H,2-7H2,1H3. The fourth-order valence-corrected chi connectivity index (χ4v) is 3.38. The average molecular weight is 368 g/mol. The van der Waals surface area contributed by atoms with Crippen LogP contribution in [0, 0.1) is 0 Å². The Morgan fingerprint density at radius 2 is 1.41 bits per heavy atom. The summed E-state index contributed by atoms with van der Waals surface area (Å²) in [7, 11) is 0. The molecule has 0 spiro atoms. The van der Waals surface area contributed by atoms with Crippen molar-refractivity contribution < 1.29 is 13.5 Å².